The number of esters is 2. The molecule has 2 heterocycles. The minimum atomic E-state index is -0.863. The first-order chi connectivity index (χ1) is 24.6. The molecule has 1 aliphatic heterocycles. The van der Waals surface area contributed by atoms with Crippen LogP contribution in [-0.2, 0) is 54.8 Å². The molecule has 1 aromatic heterocycles. The summed E-state index contributed by atoms with van der Waals surface area (Å²) < 4.78 is 39.0. The average molecular weight is 676 g/mol. The van der Waals surface area contributed by atoms with Gasteiger partial charge in [-0.3, -0.25) is 0 Å². The maximum absolute atomic E-state index is 13.6. The Hall–Kier alpha value is -5.06. The zero-order chi connectivity index (χ0) is 34.7. The molecule has 0 amide bonds. The molecule has 4 atom stereocenters. The summed E-state index contributed by atoms with van der Waals surface area (Å²) in [6.07, 6.45) is -0.636. The van der Waals surface area contributed by atoms with E-state index < -0.39 is 36.3 Å². The Morgan fingerprint density at radius 1 is 0.560 bits per heavy atom. The minimum absolute atomic E-state index is 0.0558. The Morgan fingerprint density at radius 3 is 1.48 bits per heavy atom. The molecule has 9 nitrogen and oxygen atoms in total. The molecule has 6 rings (SSSR count). The number of benzene rings is 4. The highest BCUT2D eigenvalue weighted by molar-refractivity contribution is 6.04. The zero-order valence-corrected chi connectivity index (χ0v) is 28.2. The first-order valence-corrected chi connectivity index (χ1v) is 16.6. The van der Waals surface area contributed by atoms with Crippen molar-refractivity contribution in [1.29, 1.82) is 0 Å². The van der Waals surface area contributed by atoms with Gasteiger partial charge in [0.05, 0.1) is 70.1 Å². The number of rotatable bonds is 15. The number of carbonyl (C=O) groups is 2. The minimum Gasteiger partial charge on any atom is -0.465 e. The molecule has 0 N–H and O–H groups in total. The highest BCUT2D eigenvalue weighted by Gasteiger charge is 2.49. The summed E-state index contributed by atoms with van der Waals surface area (Å²) in [5.74, 6) is -1.37. The molecule has 0 unspecified atom stereocenters. The third-order valence-corrected chi connectivity index (χ3v) is 8.74. The van der Waals surface area contributed by atoms with Gasteiger partial charge < -0.3 is 33.0 Å². The lowest BCUT2D eigenvalue weighted by Crippen LogP contribution is -2.50. The predicted octanol–water partition coefficient (Wildman–Crippen LogP) is 7.26. The number of hydrogen-bond acceptors (Lipinski definition) is 8. The third-order valence-electron chi connectivity index (χ3n) is 8.74. The molecule has 4 aromatic carbocycles. The first kappa shape index (κ1) is 34.8. The molecule has 258 valence electrons. The van der Waals surface area contributed by atoms with Crippen molar-refractivity contribution in [2.75, 3.05) is 20.8 Å². The van der Waals surface area contributed by atoms with E-state index in [2.05, 4.69) is 0 Å². The SMILES string of the molecule is COC(=O)c1cn2c(c1C(=O)OC)[C@H](OCc1ccccc1)[C@@H](OCc1ccccc1)[C@H](OCc1ccccc1)[C@H]2COCc1ccccc1. The van der Waals surface area contributed by atoms with E-state index in [9.17, 15) is 9.59 Å². The van der Waals surface area contributed by atoms with Gasteiger partial charge in [0.2, 0.25) is 0 Å². The van der Waals surface area contributed by atoms with Crippen LogP contribution in [0.4, 0.5) is 0 Å². The van der Waals surface area contributed by atoms with E-state index in [0.29, 0.717) is 12.3 Å². The molecule has 0 saturated heterocycles. The lowest BCUT2D eigenvalue weighted by molar-refractivity contribution is -0.187. The van der Waals surface area contributed by atoms with Crippen molar-refractivity contribution in [3.05, 3.63) is 167 Å². The Morgan fingerprint density at radius 2 is 1.00 bits per heavy atom. The Kier molecular flexibility index (Phi) is 11.9. The van der Waals surface area contributed by atoms with Gasteiger partial charge in [-0.1, -0.05) is 121 Å². The zero-order valence-electron chi connectivity index (χ0n) is 28.2. The van der Waals surface area contributed by atoms with E-state index in [1.165, 1.54) is 14.2 Å². The molecule has 0 radical (unpaired) electrons. The van der Waals surface area contributed by atoms with Crippen molar-refractivity contribution >= 4 is 11.9 Å². The fourth-order valence-electron chi connectivity index (χ4n) is 6.29. The smallest absolute Gasteiger partial charge is 0.340 e. The molecule has 9 heteroatoms. The van der Waals surface area contributed by atoms with Gasteiger partial charge >= 0.3 is 11.9 Å². The van der Waals surface area contributed by atoms with E-state index in [4.69, 9.17) is 28.4 Å². The van der Waals surface area contributed by atoms with Crippen molar-refractivity contribution < 1.29 is 38.0 Å². The molecular formula is C41H41NO8. The van der Waals surface area contributed by atoms with Crippen molar-refractivity contribution in [3.63, 3.8) is 0 Å². The number of aromatic nitrogens is 1. The number of nitrogens with zero attached hydrogens (tertiary/aromatic N) is 1. The summed E-state index contributed by atoms with van der Waals surface area (Å²) in [7, 11) is 2.56. The molecule has 0 bridgehead atoms. The molecule has 0 spiro atoms. The van der Waals surface area contributed by atoms with E-state index in [1.807, 2.05) is 126 Å². The van der Waals surface area contributed by atoms with E-state index in [0.717, 1.165) is 22.3 Å². The van der Waals surface area contributed by atoms with Crippen LogP contribution < -0.4 is 0 Å². The summed E-state index contributed by atoms with van der Waals surface area (Å²) in [5, 5.41) is 0. The number of fused-ring (bicyclic) bond motifs is 1. The fourth-order valence-corrected chi connectivity index (χ4v) is 6.29. The number of methoxy groups -OCH3 is 2. The van der Waals surface area contributed by atoms with Crippen LogP contribution in [0.3, 0.4) is 0 Å². The second kappa shape index (κ2) is 17.0. The van der Waals surface area contributed by atoms with Crippen LogP contribution in [0, 0.1) is 0 Å². The molecule has 0 fully saturated rings. The van der Waals surface area contributed by atoms with Crippen LogP contribution in [0.1, 0.15) is 60.8 Å². The van der Waals surface area contributed by atoms with Crippen LogP contribution in [0.2, 0.25) is 0 Å². The van der Waals surface area contributed by atoms with Gasteiger partial charge in [0.15, 0.2) is 0 Å². The van der Waals surface area contributed by atoms with Gasteiger partial charge in [-0.15, -0.1) is 0 Å². The normalized spacial score (nSPS) is 18.3. The Labute approximate surface area is 292 Å². The van der Waals surface area contributed by atoms with Crippen LogP contribution in [-0.4, -0.2) is 49.5 Å². The summed E-state index contributed by atoms with van der Waals surface area (Å²) >= 11 is 0. The van der Waals surface area contributed by atoms with Crippen molar-refractivity contribution in [2.24, 2.45) is 0 Å². The van der Waals surface area contributed by atoms with Crippen molar-refractivity contribution in [3.8, 4) is 0 Å². The maximum atomic E-state index is 13.6. The average Bonchev–Trinajstić information content (AvgIpc) is 3.57. The topological polar surface area (TPSA) is 94.5 Å². The Balaban J connectivity index is 1.48. The molecule has 0 saturated carbocycles. The summed E-state index contributed by atoms with van der Waals surface area (Å²) in [5.41, 5.74) is 4.40. The van der Waals surface area contributed by atoms with Gasteiger partial charge in [0, 0.05) is 6.20 Å². The fraction of sp³-hybridized carbons (Fsp3) is 0.268. The van der Waals surface area contributed by atoms with E-state index in [-0.39, 0.29) is 37.6 Å². The lowest BCUT2D eigenvalue weighted by atomic mass is 9.91. The van der Waals surface area contributed by atoms with Crippen LogP contribution in [0.5, 0.6) is 0 Å². The Bertz CT molecular complexity index is 1810. The molecular weight excluding hydrogens is 634 g/mol. The number of ether oxygens (including phenoxy) is 6. The van der Waals surface area contributed by atoms with Crippen LogP contribution in [0.15, 0.2) is 128 Å². The predicted molar refractivity (Wildman–Crippen MR) is 186 cm³/mol. The quantitative estimate of drug-likeness (QED) is 0.107. The van der Waals surface area contributed by atoms with Crippen molar-refractivity contribution in [2.45, 2.75) is 50.8 Å². The summed E-state index contributed by atoms with van der Waals surface area (Å²) in [6.45, 7) is 1.25. The second-order valence-corrected chi connectivity index (χ2v) is 12.0. The molecule has 0 aliphatic carbocycles. The molecule has 5 aromatic rings. The molecule has 1 aliphatic rings. The number of hydrogen-bond donors (Lipinski definition) is 0. The largest absolute Gasteiger partial charge is 0.465 e. The van der Waals surface area contributed by atoms with Gasteiger partial charge in [-0.05, 0) is 22.3 Å². The third kappa shape index (κ3) is 8.21. The van der Waals surface area contributed by atoms with Gasteiger partial charge in [0.1, 0.15) is 18.3 Å². The highest BCUT2D eigenvalue weighted by atomic mass is 16.6. The molecule has 50 heavy (non-hydrogen) atoms. The van der Waals surface area contributed by atoms with E-state index >= 15 is 0 Å². The summed E-state index contributed by atoms with van der Waals surface area (Å²) in [4.78, 5) is 26.9. The van der Waals surface area contributed by atoms with Crippen molar-refractivity contribution in [1.82, 2.24) is 4.57 Å². The van der Waals surface area contributed by atoms with Crippen LogP contribution in [0.25, 0.3) is 0 Å². The highest BCUT2D eigenvalue weighted by Crippen LogP contribution is 2.44. The van der Waals surface area contributed by atoms with Gasteiger partial charge in [-0.2, -0.15) is 0 Å². The summed E-state index contributed by atoms with van der Waals surface area (Å²) in [6, 6.07) is 38.8. The lowest BCUT2D eigenvalue weighted by Gasteiger charge is -2.44. The second-order valence-electron chi connectivity index (χ2n) is 12.0. The van der Waals surface area contributed by atoms with Gasteiger partial charge in [0.25, 0.3) is 0 Å². The standard InChI is InChI=1S/C41H41NO8/c1-45-40(43)33-23-42-34(28-47-24-29-15-7-3-8-16-29)37(48-25-30-17-9-4-10-18-30)39(50-27-32-21-13-6-14-22-32)38(36(42)35(33)41(44)46-2)49-26-31-19-11-5-12-20-31/h3-23,34,37-39H,24-28H2,1-2H3/t34-,37-,38+,39+/m1/s1. The maximum Gasteiger partial charge on any atom is 0.340 e. The van der Waals surface area contributed by atoms with E-state index in [1.54, 1.807) is 6.20 Å². The van der Waals surface area contributed by atoms with Gasteiger partial charge in [-0.25, -0.2) is 9.59 Å². The monoisotopic (exact) mass is 675 g/mol. The first-order valence-electron chi connectivity index (χ1n) is 16.6. The van der Waals surface area contributed by atoms with Crippen LogP contribution >= 0.6 is 0 Å². The number of carbonyl (C=O) groups excluding carboxylic acids is 2.